The maximum Gasteiger partial charge on any atom is 0.209 e. The highest BCUT2D eigenvalue weighted by Crippen LogP contribution is 2.72. The summed E-state index contributed by atoms with van der Waals surface area (Å²) in [6, 6.07) is 20.1. The van der Waals surface area contributed by atoms with Crippen LogP contribution in [0.5, 0.6) is 0 Å². The minimum Gasteiger partial charge on any atom is -0.390 e. The zero-order valence-corrected chi connectivity index (χ0v) is 22.0. The SMILES string of the molecule is CN[C@H]1OC1C12CC1[C@@H](n1cnc3c(NC4CC4c4ccccc4)nc(C#Cc4ccccc4)nc31)[C@H](O)[C@@H]2O. The van der Waals surface area contributed by atoms with Crippen molar-refractivity contribution in [2.24, 2.45) is 11.3 Å². The molecule has 202 valence electrons. The van der Waals surface area contributed by atoms with Gasteiger partial charge in [-0.3, -0.25) is 5.32 Å². The highest BCUT2D eigenvalue weighted by atomic mass is 16.6. The van der Waals surface area contributed by atoms with Gasteiger partial charge >= 0.3 is 0 Å². The molecule has 9 nitrogen and oxygen atoms in total. The van der Waals surface area contributed by atoms with Gasteiger partial charge in [0.25, 0.3) is 0 Å². The van der Waals surface area contributed by atoms with Gasteiger partial charge in [0.05, 0.1) is 18.5 Å². The number of nitrogens with zero attached hydrogens (tertiary/aromatic N) is 4. The van der Waals surface area contributed by atoms with Gasteiger partial charge in [0.2, 0.25) is 5.82 Å². The number of hydrogen-bond donors (Lipinski definition) is 4. The molecule has 4 fully saturated rings. The predicted octanol–water partition coefficient (Wildman–Crippen LogP) is 2.42. The molecule has 0 bridgehead atoms. The first-order valence-electron chi connectivity index (χ1n) is 13.9. The number of likely N-dealkylation sites (N-methyl/N-ethyl adjacent to an activating group) is 1. The maximum absolute atomic E-state index is 11.2. The van der Waals surface area contributed by atoms with E-state index in [2.05, 4.69) is 46.7 Å². The third kappa shape index (κ3) is 3.68. The van der Waals surface area contributed by atoms with Crippen LogP contribution in [0, 0.1) is 23.2 Å². The van der Waals surface area contributed by atoms with Crippen molar-refractivity contribution in [3.8, 4) is 11.8 Å². The molecular weight excluding hydrogens is 504 g/mol. The van der Waals surface area contributed by atoms with Crippen molar-refractivity contribution in [2.45, 2.75) is 55.4 Å². The number of hydrogen-bond acceptors (Lipinski definition) is 8. The summed E-state index contributed by atoms with van der Waals surface area (Å²) < 4.78 is 7.73. The normalized spacial score (nSPS) is 35.1. The smallest absolute Gasteiger partial charge is 0.209 e. The first-order chi connectivity index (χ1) is 19.6. The molecule has 4 aliphatic rings. The van der Waals surface area contributed by atoms with E-state index in [9.17, 15) is 10.2 Å². The van der Waals surface area contributed by atoms with Gasteiger partial charge in [-0.1, -0.05) is 54.5 Å². The molecule has 4 N–H and O–H groups in total. The number of nitrogens with one attached hydrogen (secondary N) is 2. The van der Waals surface area contributed by atoms with Crippen LogP contribution in [0.2, 0.25) is 0 Å². The molecule has 3 heterocycles. The van der Waals surface area contributed by atoms with Crippen molar-refractivity contribution in [1.82, 2.24) is 24.8 Å². The second kappa shape index (κ2) is 8.85. The molecule has 1 aliphatic heterocycles. The van der Waals surface area contributed by atoms with Crippen LogP contribution >= 0.6 is 0 Å². The van der Waals surface area contributed by atoms with E-state index in [4.69, 9.17) is 19.7 Å². The van der Waals surface area contributed by atoms with E-state index in [-0.39, 0.29) is 30.3 Å². The lowest BCUT2D eigenvalue weighted by atomic mass is 9.95. The van der Waals surface area contributed by atoms with Gasteiger partial charge in [-0.15, -0.1) is 0 Å². The molecule has 1 saturated heterocycles. The van der Waals surface area contributed by atoms with Crippen molar-refractivity contribution < 1.29 is 14.9 Å². The summed E-state index contributed by atoms with van der Waals surface area (Å²) in [5, 5.41) is 29.1. The summed E-state index contributed by atoms with van der Waals surface area (Å²) >= 11 is 0. The second-order valence-corrected chi connectivity index (χ2v) is 11.5. The van der Waals surface area contributed by atoms with Crippen LogP contribution in [0.3, 0.4) is 0 Å². The Bertz CT molecular complexity index is 1650. The number of aromatic nitrogens is 4. The van der Waals surface area contributed by atoms with E-state index in [1.54, 1.807) is 6.33 Å². The summed E-state index contributed by atoms with van der Waals surface area (Å²) in [4.78, 5) is 14.3. The van der Waals surface area contributed by atoms with Crippen molar-refractivity contribution in [1.29, 1.82) is 0 Å². The van der Waals surface area contributed by atoms with Crippen LogP contribution < -0.4 is 10.6 Å². The van der Waals surface area contributed by atoms with Gasteiger partial charge < -0.3 is 24.8 Å². The Balaban J connectivity index is 1.17. The number of fused-ring (bicyclic) bond motifs is 2. The van der Waals surface area contributed by atoms with Crippen LogP contribution in [0.25, 0.3) is 11.2 Å². The van der Waals surface area contributed by atoms with E-state index in [1.807, 2.05) is 48.0 Å². The molecule has 3 saturated carbocycles. The maximum atomic E-state index is 11.2. The lowest BCUT2D eigenvalue weighted by Gasteiger charge is -2.23. The minimum atomic E-state index is -0.950. The standard InChI is InChI=1S/C31H30N6O3/c1-32-30-27(40-30)31-15-20(31)24(25(38)26(31)39)37-16-33-23-28(34-21-14-19(21)18-10-6-3-7-11-18)35-22(36-29(23)37)13-12-17-8-4-2-5-9-17/h2-11,16,19-21,24-27,30,32,38-39H,14-15H2,1H3,(H,34,35,36)/t19?,20?,21?,24-,25+,26+,27?,30+,31?/m1/s1. The quantitative estimate of drug-likeness (QED) is 0.220. The molecule has 9 atom stereocenters. The van der Waals surface area contributed by atoms with Gasteiger partial charge in [0.15, 0.2) is 17.0 Å². The Hall–Kier alpha value is -3.81. The molecule has 0 spiro atoms. The van der Waals surface area contributed by atoms with Gasteiger partial charge in [-0.2, -0.15) is 0 Å². The zero-order chi connectivity index (χ0) is 27.0. The Kier molecular flexibility index (Phi) is 5.31. The predicted molar refractivity (Wildman–Crippen MR) is 148 cm³/mol. The summed E-state index contributed by atoms with van der Waals surface area (Å²) in [5.74, 6) is 7.79. The molecule has 0 radical (unpaired) electrons. The van der Waals surface area contributed by atoms with Crippen LogP contribution in [0.15, 0.2) is 67.0 Å². The largest absolute Gasteiger partial charge is 0.390 e. The number of benzene rings is 2. The Morgan fingerprint density at radius 1 is 1.02 bits per heavy atom. The van der Waals surface area contributed by atoms with Gasteiger partial charge in [0.1, 0.15) is 18.4 Å². The fraction of sp³-hybridized carbons (Fsp3) is 0.387. The summed E-state index contributed by atoms with van der Waals surface area (Å²) in [5.41, 5.74) is 2.97. The number of ether oxygens (including phenoxy) is 1. The highest BCUT2D eigenvalue weighted by Gasteiger charge is 2.79. The first kappa shape index (κ1) is 24.0. The number of anilines is 1. The molecule has 8 rings (SSSR count). The topological polar surface area (TPSA) is 121 Å². The summed E-state index contributed by atoms with van der Waals surface area (Å²) in [6.45, 7) is 0. The minimum absolute atomic E-state index is 0.0642. The zero-order valence-electron chi connectivity index (χ0n) is 22.0. The van der Waals surface area contributed by atoms with Crippen molar-refractivity contribution in [2.75, 3.05) is 12.4 Å². The van der Waals surface area contributed by atoms with E-state index < -0.39 is 17.6 Å². The molecule has 0 amide bonds. The number of epoxide rings is 1. The second-order valence-electron chi connectivity index (χ2n) is 11.5. The number of rotatable bonds is 6. The Morgan fingerprint density at radius 2 is 1.80 bits per heavy atom. The fourth-order valence-corrected chi connectivity index (χ4v) is 6.98. The van der Waals surface area contributed by atoms with E-state index in [0.717, 1.165) is 18.4 Å². The van der Waals surface area contributed by atoms with E-state index in [0.29, 0.717) is 28.7 Å². The third-order valence-electron chi connectivity index (χ3n) is 9.22. The molecule has 2 aromatic heterocycles. The van der Waals surface area contributed by atoms with Crippen LogP contribution in [0.4, 0.5) is 5.82 Å². The molecule has 5 unspecified atom stereocenters. The first-order valence-corrected chi connectivity index (χ1v) is 13.9. The van der Waals surface area contributed by atoms with E-state index >= 15 is 0 Å². The fourth-order valence-electron chi connectivity index (χ4n) is 6.98. The molecular formula is C31H30N6O3. The average Bonchev–Trinajstić information content (AvgIpc) is 3.92. The van der Waals surface area contributed by atoms with Crippen LogP contribution in [-0.2, 0) is 4.74 Å². The van der Waals surface area contributed by atoms with Crippen molar-refractivity contribution in [3.05, 3.63) is 83.9 Å². The lowest BCUT2D eigenvalue weighted by molar-refractivity contribution is -0.0235. The number of aliphatic hydroxyl groups is 2. The van der Waals surface area contributed by atoms with Gasteiger partial charge in [-0.05, 0) is 49.4 Å². The third-order valence-corrected chi connectivity index (χ3v) is 9.22. The molecule has 3 aliphatic carbocycles. The molecule has 9 heteroatoms. The van der Waals surface area contributed by atoms with Crippen LogP contribution in [0.1, 0.15) is 41.8 Å². The Morgan fingerprint density at radius 3 is 2.55 bits per heavy atom. The van der Waals surface area contributed by atoms with E-state index in [1.165, 1.54) is 5.56 Å². The van der Waals surface area contributed by atoms with Gasteiger partial charge in [-0.25, -0.2) is 15.0 Å². The van der Waals surface area contributed by atoms with Gasteiger partial charge in [0, 0.05) is 22.9 Å². The lowest BCUT2D eigenvalue weighted by Crippen LogP contribution is -2.37. The van der Waals surface area contributed by atoms with Crippen molar-refractivity contribution in [3.63, 3.8) is 0 Å². The Labute approximate surface area is 231 Å². The summed E-state index contributed by atoms with van der Waals surface area (Å²) in [7, 11) is 1.85. The van der Waals surface area contributed by atoms with Crippen LogP contribution in [-0.4, -0.2) is 67.4 Å². The molecule has 40 heavy (non-hydrogen) atoms. The monoisotopic (exact) mass is 534 g/mol. The molecule has 2 aromatic carbocycles. The highest BCUT2D eigenvalue weighted by molar-refractivity contribution is 5.84. The van der Waals surface area contributed by atoms with Crippen molar-refractivity contribution >= 4 is 17.0 Å². The number of aliphatic hydroxyl groups excluding tert-OH is 2. The summed E-state index contributed by atoms with van der Waals surface area (Å²) in [6.07, 6.45) is 1.50. The average molecular weight is 535 g/mol. The number of imidazole rings is 1. The molecule has 4 aromatic rings.